The van der Waals surface area contributed by atoms with Gasteiger partial charge in [-0.25, -0.2) is 13.1 Å². The van der Waals surface area contributed by atoms with E-state index in [9.17, 15) is 8.42 Å². The van der Waals surface area contributed by atoms with Crippen LogP contribution in [0.25, 0.3) is 0 Å². The molecule has 0 unspecified atom stereocenters. The second-order valence-corrected chi connectivity index (χ2v) is 7.67. The number of aryl methyl sites for hydroxylation is 2. The molecule has 1 aliphatic rings. The molecule has 1 heterocycles. The van der Waals surface area contributed by atoms with Gasteiger partial charge in [-0.1, -0.05) is 0 Å². The maximum Gasteiger partial charge on any atom is 0.214 e. The highest BCUT2D eigenvalue weighted by Gasteiger charge is 2.35. The van der Waals surface area contributed by atoms with Gasteiger partial charge in [-0.3, -0.25) is 4.98 Å². The van der Waals surface area contributed by atoms with E-state index < -0.39 is 10.0 Å². The van der Waals surface area contributed by atoms with Crippen molar-refractivity contribution in [3.05, 3.63) is 29.1 Å². The van der Waals surface area contributed by atoms with E-state index in [0.717, 1.165) is 24.1 Å². The fourth-order valence-corrected chi connectivity index (χ4v) is 3.48. The van der Waals surface area contributed by atoms with Gasteiger partial charge in [0.2, 0.25) is 10.0 Å². The van der Waals surface area contributed by atoms with E-state index in [-0.39, 0.29) is 11.3 Å². The number of rotatable bonds is 7. The molecule has 2 N–H and O–H groups in total. The van der Waals surface area contributed by atoms with Crippen molar-refractivity contribution in [2.75, 3.05) is 6.54 Å². The summed E-state index contributed by atoms with van der Waals surface area (Å²) in [5, 5.41) is 3.17. The zero-order valence-electron chi connectivity index (χ0n) is 12.3. The molecule has 0 amide bonds. The van der Waals surface area contributed by atoms with Gasteiger partial charge < -0.3 is 5.32 Å². The van der Waals surface area contributed by atoms with Gasteiger partial charge in [0, 0.05) is 31.0 Å². The van der Waals surface area contributed by atoms with Gasteiger partial charge >= 0.3 is 0 Å². The van der Waals surface area contributed by atoms with E-state index in [0.29, 0.717) is 13.1 Å². The first-order valence-electron chi connectivity index (χ1n) is 7.02. The Morgan fingerprint density at radius 3 is 2.70 bits per heavy atom. The summed E-state index contributed by atoms with van der Waals surface area (Å²) >= 11 is 0. The number of aromatic nitrogens is 1. The van der Waals surface area contributed by atoms with E-state index in [4.69, 9.17) is 0 Å². The summed E-state index contributed by atoms with van der Waals surface area (Å²) in [5.41, 5.74) is 3.36. The molecule has 0 bridgehead atoms. The second-order valence-electron chi connectivity index (χ2n) is 5.63. The second kappa shape index (κ2) is 6.20. The molecule has 6 heteroatoms. The Morgan fingerprint density at radius 2 is 2.10 bits per heavy atom. The Morgan fingerprint density at radius 1 is 1.40 bits per heavy atom. The number of hydrogen-bond donors (Lipinski definition) is 2. The molecule has 5 nitrogen and oxygen atoms in total. The van der Waals surface area contributed by atoms with Gasteiger partial charge in [-0.15, -0.1) is 0 Å². The normalized spacial score (nSPS) is 17.1. The zero-order valence-corrected chi connectivity index (χ0v) is 13.1. The number of pyridine rings is 1. The van der Waals surface area contributed by atoms with E-state index >= 15 is 0 Å². The van der Waals surface area contributed by atoms with Crippen LogP contribution in [0.1, 0.15) is 36.6 Å². The first-order chi connectivity index (χ1) is 9.38. The monoisotopic (exact) mass is 297 g/mol. The van der Waals surface area contributed by atoms with E-state index in [1.165, 1.54) is 5.56 Å². The molecule has 1 aliphatic carbocycles. The SMILES string of the molecule is Cc1cc(C)c(CN[C@H](C)CNS(=O)(=O)C2CC2)cn1. The van der Waals surface area contributed by atoms with Crippen LogP contribution < -0.4 is 10.0 Å². The van der Waals surface area contributed by atoms with Crippen molar-refractivity contribution in [1.82, 2.24) is 15.0 Å². The van der Waals surface area contributed by atoms with Crippen LogP contribution in [0.2, 0.25) is 0 Å². The largest absolute Gasteiger partial charge is 0.309 e. The average molecular weight is 297 g/mol. The highest BCUT2D eigenvalue weighted by atomic mass is 32.2. The van der Waals surface area contributed by atoms with E-state index in [1.807, 2.05) is 20.0 Å². The van der Waals surface area contributed by atoms with Gasteiger partial charge in [0.15, 0.2) is 0 Å². The summed E-state index contributed by atoms with van der Waals surface area (Å²) in [4.78, 5) is 4.28. The van der Waals surface area contributed by atoms with E-state index in [1.54, 1.807) is 0 Å². The van der Waals surface area contributed by atoms with Crippen LogP contribution in [0.4, 0.5) is 0 Å². The average Bonchev–Trinajstić information content (AvgIpc) is 3.20. The fraction of sp³-hybridized carbons (Fsp3) is 0.643. The topological polar surface area (TPSA) is 71.1 Å². The Kier molecular flexibility index (Phi) is 4.78. The summed E-state index contributed by atoms with van der Waals surface area (Å²) < 4.78 is 26.1. The maximum absolute atomic E-state index is 11.7. The molecule has 1 fully saturated rings. The number of sulfonamides is 1. The molecule has 112 valence electrons. The van der Waals surface area contributed by atoms with Gasteiger partial charge in [-0.2, -0.15) is 0 Å². The summed E-state index contributed by atoms with van der Waals surface area (Å²) in [5.74, 6) is 0. The maximum atomic E-state index is 11.7. The third-order valence-electron chi connectivity index (χ3n) is 3.55. The van der Waals surface area contributed by atoms with Crippen LogP contribution in [0.15, 0.2) is 12.3 Å². The lowest BCUT2D eigenvalue weighted by molar-refractivity contribution is 0.522. The lowest BCUT2D eigenvalue weighted by Gasteiger charge is -2.15. The quantitative estimate of drug-likeness (QED) is 0.795. The van der Waals surface area contributed by atoms with Crippen molar-refractivity contribution in [2.45, 2.75) is 51.4 Å². The fourth-order valence-electron chi connectivity index (χ4n) is 2.00. The highest BCUT2D eigenvalue weighted by Crippen LogP contribution is 2.27. The van der Waals surface area contributed by atoms with Gasteiger partial charge in [0.05, 0.1) is 5.25 Å². The molecule has 0 radical (unpaired) electrons. The lowest BCUT2D eigenvalue weighted by Crippen LogP contribution is -2.39. The van der Waals surface area contributed by atoms with Crippen LogP contribution in [0.3, 0.4) is 0 Å². The summed E-state index contributed by atoms with van der Waals surface area (Å²) in [6.07, 6.45) is 3.47. The third kappa shape index (κ3) is 4.26. The Bertz CT molecular complexity index is 568. The van der Waals surface area contributed by atoms with Crippen molar-refractivity contribution in [2.24, 2.45) is 0 Å². The van der Waals surface area contributed by atoms with Gasteiger partial charge in [0.1, 0.15) is 0 Å². The van der Waals surface area contributed by atoms with E-state index in [2.05, 4.69) is 28.0 Å². The van der Waals surface area contributed by atoms with Crippen LogP contribution in [-0.4, -0.2) is 31.2 Å². The molecular weight excluding hydrogens is 274 g/mol. The van der Waals surface area contributed by atoms with Crippen molar-refractivity contribution < 1.29 is 8.42 Å². The zero-order chi connectivity index (χ0) is 14.8. The standard InChI is InChI=1S/C14H23N3O2S/c1-10-6-11(2)15-8-13(10)9-16-12(3)7-17-20(18,19)14-4-5-14/h6,8,12,14,16-17H,4-5,7,9H2,1-3H3/t12-/m1/s1. The third-order valence-corrected chi connectivity index (χ3v) is 5.47. The van der Waals surface area contributed by atoms with Gasteiger partial charge in [0.25, 0.3) is 0 Å². The molecule has 0 saturated heterocycles. The molecule has 1 aromatic rings. The van der Waals surface area contributed by atoms with Crippen molar-refractivity contribution in [3.8, 4) is 0 Å². The molecule has 20 heavy (non-hydrogen) atoms. The minimum absolute atomic E-state index is 0.0872. The van der Waals surface area contributed by atoms with Crippen LogP contribution in [0.5, 0.6) is 0 Å². The number of hydrogen-bond acceptors (Lipinski definition) is 4. The summed E-state index contributed by atoms with van der Waals surface area (Å²) in [6.45, 7) is 7.14. The first-order valence-corrected chi connectivity index (χ1v) is 8.57. The Hall–Kier alpha value is -0.980. The summed E-state index contributed by atoms with van der Waals surface area (Å²) in [6, 6.07) is 2.14. The van der Waals surface area contributed by atoms with Crippen LogP contribution in [0, 0.1) is 13.8 Å². The smallest absolute Gasteiger partial charge is 0.214 e. The molecule has 1 atom stereocenters. The van der Waals surface area contributed by atoms with Gasteiger partial charge in [-0.05, 0) is 50.8 Å². The van der Waals surface area contributed by atoms with Crippen molar-refractivity contribution in [1.29, 1.82) is 0 Å². The van der Waals surface area contributed by atoms with Crippen LogP contribution >= 0.6 is 0 Å². The molecule has 0 aliphatic heterocycles. The highest BCUT2D eigenvalue weighted by molar-refractivity contribution is 7.90. The number of nitrogens with one attached hydrogen (secondary N) is 2. The lowest BCUT2D eigenvalue weighted by atomic mass is 10.1. The van der Waals surface area contributed by atoms with Crippen molar-refractivity contribution >= 4 is 10.0 Å². The number of nitrogens with zero attached hydrogens (tertiary/aromatic N) is 1. The molecule has 2 rings (SSSR count). The predicted octanol–water partition coefficient (Wildman–Crippen LogP) is 1.26. The molecule has 0 aromatic carbocycles. The molecule has 0 spiro atoms. The summed E-state index contributed by atoms with van der Waals surface area (Å²) in [7, 11) is -3.08. The molecule has 1 saturated carbocycles. The van der Waals surface area contributed by atoms with Crippen molar-refractivity contribution in [3.63, 3.8) is 0 Å². The minimum Gasteiger partial charge on any atom is -0.309 e. The Balaban J connectivity index is 1.78. The Labute approximate surface area is 121 Å². The predicted molar refractivity (Wildman–Crippen MR) is 80.0 cm³/mol. The molecular formula is C14H23N3O2S. The molecule has 1 aromatic heterocycles. The first kappa shape index (κ1) is 15.4. The van der Waals surface area contributed by atoms with Crippen LogP contribution in [-0.2, 0) is 16.6 Å². The minimum atomic E-state index is -3.08.